The third-order valence-corrected chi connectivity index (χ3v) is 11.0. The van der Waals surface area contributed by atoms with E-state index in [-0.39, 0.29) is 35.7 Å². The van der Waals surface area contributed by atoms with Crippen molar-refractivity contribution in [3.8, 4) is 0 Å². The Morgan fingerprint density at radius 1 is 0.632 bits per heavy atom. The number of amides is 4. The smallest absolute Gasteiger partial charge is 0.309 e. The van der Waals surface area contributed by atoms with Gasteiger partial charge in [0, 0.05) is 48.1 Å². The van der Waals surface area contributed by atoms with Crippen molar-refractivity contribution in [2.24, 2.45) is 11.8 Å². The lowest BCUT2D eigenvalue weighted by molar-refractivity contribution is -0.162. The number of hydrogen-bond acceptors (Lipinski definition) is 4. The molecular weight excluding hydrogens is 480 g/mol. The highest BCUT2D eigenvalue weighted by Crippen LogP contribution is 2.47. The van der Waals surface area contributed by atoms with E-state index in [1.165, 1.54) is 0 Å². The molecule has 0 bridgehead atoms. The van der Waals surface area contributed by atoms with Gasteiger partial charge in [0.25, 0.3) is 0 Å². The maximum absolute atomic E-state index is 13.3. The summed E-state index contributed by atoms with van der Waals surface area (Å²) in [5.74, 6) is -1.25. The van der Waals surface area contributed by atoms with E-state index in [4.69, 9.17) is 0 Å². The van der Waals surface area contributed by atoms with E-state index in [1.807, 2.05) is 9.80 Å². The van der Waals surface area contributed by atoms with Gasteiger partial charge in [-0.1, -0.05) is 41.5 Å². The molecule has 218 valence electrons. The van der Waals surface area contributed by atoms with Crippen LogP contribution in [-0.2, 0) is 19.2 Å². The van der Waals surface area contributed by atoms with Crippen LogP contribution in [0.2, 0.25) is 0 Å². The van der Waals surface area contributed by atoms with E-state index in [9.17, 15) is 19.2 Å². The zero-order valence-corrected chi connectivity index (χ0v) is 26.1. The second-order valence-corrected chi connectivity index (χ2v) is 13.0. The average molecular weight is 535 g/mol. The molecular formula is C30H54N4O4. The van der Waals surface area contributed by atoms with Crippen LogP contribution in [0.4, 0.5) is 0 Å². The molecule has 0 aromatic rings. The first-order chi connectivity index (χ1) is 17.4. The molecule has 8 atom stereocenters. The van der Waals surface area contributed by atoms with E-state index < -0.39 is 34.0 Å². The van der Waals surface area contributed by atoms with Crippen molar-refractivity contribution in [2.45, 2.75) is 156 Å². The Morgan fingerprint density at radius 3 is 1.13 bits per heavy atom. The molecule has 8 nitrogen and oxygen atoms in total. The SMILES string of the molecule is CCC1(C)CC(NC(=O)C(=O)NC2CC(C)(CC)N(C(C)=O)C(C)(CC)C2C)C(C)C(C)(CC)N1C(C)=O. The quantitative estimate of drug-likeness (QED) is 0.493. The topological polar surface area (TPSA) is 98.8 Å². The van der Waals surface area contributed by atoms with Crippen LogP contribution >= 0.6 is 0 Å². The summed E-state index contributed by atoms with van der Waals surface area (Å²) in [6, 6.07) is -0.477. The van der Waals surface area contributed by atoms with Gasteiger partial charge in [-0.2, -0.15) is 0 Å². The minimum absolute atomic E-state index is 0.0303. The lowest BCUT2D eigenvalue weighted by atomic mass is 9.66. The molecule has 2 fully saturated rings. The summed E-state index contributed by atoms with van der Waals surface area (Å²) >= 11 is 0. The Balaban J connectivity index is 2.29. The molecule has 4 amide bonds. The molecule has 2 aliphatic heterocycles. The standard InChI is InChI=1S/C30H54N4O4/c1-13-27(9)17-23(19(5)29(11,15-3)33(27)21(7)35)31-25(37)26(38)32-24-18-28(10,14-2)34(22(8)36)30(12,16-4)20(24)6/h19-20,23-24H,13-18H2,1-12H3,(H,31,37)(H,32,38). The first kappa shape index (κ1) is 32.1. The van der Waals surface area contributed by atoms with Crippen LogP contribution in [-0.4, -0.2) is 67.7 Å². The van der Waals surface area contributed by atoms with Gasteiger partial charge < -0.3 is 20.4 Å². The van der Waals surface area contributed by atoms with Crippen molar-refractivity contribution in [3.63, 3.8) is 0 Å². The fourth-order valence-corrected chi connectivity index (χ4v) is 7.86. The Labute approximate surface area is 231 Å². The van der Waals surface area contributed by atoms with Gasteiger partial charge in [-0.15, -0.1) is 0 Å². The third-order valence-electron chi connectivity index (χ3n) is 11.0. The Bertz CT molecular complexity index is 865. The molecule has 2 N–H and O–H groups in total. The van der Waals surface area contributed by atoms with Crippen LogP contribution in [0.1, 0.15) is 122 Å². The summed E-state index contributed by atoms with van der Waals surface area (Å²) < 4.78 is 0. The summed E-state index contributed by atoms with van der Waals surface area (Å²) in [7, 11) is 0. The van der Waals surface area contributed by atoms with E-state index >= 15 is 0 Å². The number of rotatable bonds is 6. The van der Waals surface area contributed by atoms with Crippen LogP contribution in [0.3, 0.4) is 0 Å². The molecule has 2 aliphatic rings. The fourth-order valence-electron chi connectivity index (χ4n) is 7.86. The number of carbonyl (C=O) groups is 4. The minimum atomic E-state index is -0.632. The van der Waals surface area contributed by atoms with Gasteiger partial charge in [0.05, 0.1) is 0 Å². The lowest BCUT2D eigenvalue weighted by Crippen LogP contribution is -2.72. The van der Waals surface area contributed by atoms with E-state index in [2.05, 4.69) is 79.9 Å². The second-order valence-electron chi connectivity index (χ2n) is 13.0. The molecule has 0 spiro atoms. The molecule has 0 saturated carbocycles. The van der Waals surface area contributed by atoms with E-state index in [0.717, 1.165) is 25.7 Å². The molecule has 2 heterocycles. The summed E-state index contributed by atoms with van der Waals surface area (Å²) in [5, 5.41) is 6.11. The first-order valence-corrected chi connectivity index (χ1v) is 14.7. The summed E-state index contributed by atoms with van der Waals surface area (Å²) in [5.41, 5.74) is -1.72. The lowest BCUT2D eigenvalue weighted by Gasteiger charge is -2.61. The minimum Gasteiger partial charge on any atom is -0.345 e. The van der Waals surface area contributed by atoms with Crippen molar-refractivity contribution in [1.29, 1.82) is 0 Å². The largest absolute Gasteiger partial charge is 0.345 e. The predicted molar refractivity (Wildman–Crippen MR) is 151 cm³/mol. The van der Waals surface area contributed by atoms with E-state index in [0.29, 0.717) is 12.8 Å². The average Bonchev–Trinajstić information content (AvgIpc) is 2.84. The number of carbonyl (C=O) groups excluding carboxylic acids is 4. The molecule has 0 radical (unpaired) electrons. The second kappa shape index (κ2) is 11.2. The van der Waals surface area contributed by atoms with Crippen LogP contribution in [0.15, 0.2) is 0 Å². The summed E-state index contributed by atoms with van der Waals surface area (Å²) in [4.78, 5) is 56.2. The maximum Gasteiger partial charge on any atom is 0.309 e. The van der Waals surface area contributed by atoms with Gasteiger partial charge in [0.1, 0.15) is 0 Å². The normalized spacial score (nSPS) is 39.5. The Kier molecular flexibility index (Phi) is 9.43. The molecule has 0 aromatic heterocycles. The molecule has 0 aromatic carbocycles. The van der Waals surface area contributed by atoms with Crippen LogP contribution in [0.25, 0.3) is 0 Å². The van der Waals surface area contributed by atoms with Crippen molar-refractivity contribution in [1.82, 2.24) is 20.4 Å². The van der Waals surface area contributed by atoms with Crippen molar-refractivity contribution < 1.29 is 19.2 Å². The van der Waals surface area contributed by atoms with Crippen LogP contribution in [0.5, 0.6) is 0 Å². The van der Waals surface area contributed by atoms with Gasteiger partial charge in [0.15, 0.2) is 0 Å². The molecule has 2 rings (SSSR count). The van der Waals surface area contributed by atoms with Gasteiger partial charge >= 0.3 is 11.8 Å². The van der Waals surface area contributed by atoms with Gasteiger partial charge in [-0.3, -0.25) is 19.2 Å². The number of nitrogens with one attached hydrogen (secondary N) is 2. The number of nitrogens with zero attached hydrogens (tertiary/aromatic N) is 2. The maximum atomic E-state index is 13.3. The highest BCUT2D eigenvalue weighted by Gasteiger charge is 2.56. The van der Waals surface area contributed by atoms with Crippen molar-refractivity contribution >= 4 is 23.6 Å². The summed E-state index contributed by atoms with van der Waals surface area (Å²) in [6.07, 6.45) is 4.19. The molecule has 8 unspecified atom stereocenters. The highest BCUT2D eigenvalue weighted by atomic mass is 16.2. The third kappa shape index (κ3) is 5.21. The zero-order valence-electron chi connectivity index (χ0n) is 26.1. The molecule has 8 heteroatoms. The van der Waals surface area contributed by atoms with Gasteiger partial charge in [0.2, 0.25) is 11.8 Å². The Hall–Kier alpha value is -2.12. The Morgan fingerprint density at radius 2 is 0.921 bits per heavy atom. The molecule has 0 aliphatic carbocycles. The molecule has 38 heavy (non-hydrogen) atoms. The zero-order chi connectivity index (χ0) is 29.4. The van der Waals surface area contributed by atoms with E-state index in [1.54, 1.807) is 13.8 Å². The summed E-state index contributed by atoms with van der Waals surface area (Å²) in [6.45, 7) is 24.0. The van der Waals surface area contributed by atoms with Crippen molar-refractivity contribution in [2.75, 3.05) is 0 Å². The highest BCUT2D eigenvalue weighted by molar-refractivity contribution is 6.35. The van der Waals surface area contributed by atoms with Crippen LogP contribution in [0, 0.1) is 11.8 Å². The number of piperidine rings is 2. The van der Waals surface area contributed by atoms with Gasteiger partial charge in [-0.25, -0.2) is 0 Å². The first-order valence-electron chi connectivity index (χ1n) is 14.7. The monoisotopic (exact) mass is 534 g/mol. The van der Waals surface area contributed by atoms with Crippen molar-refractivity contribution in [3.05, 3.63) is 0 Å². The number of likely N-dealkylation sites (tertiary alicyclic amines) is 2. The van der Waals surface area contributed by atoms with Gasteiger partial charge in [-0.05, 0) is 78.1 Å². The predicted octanol–water partition coefficient (Wildman–Crippen LogP) is 4.41. The fraction of sp³-hybridized carbons (Fsp3) is 0.867. The molecule has 2 saturated heterocycles. The number of hydrogen-bond donors (Lipinski definition) is 2. The van der Waals surface area contributed by atoms with Crippen LogP contribution < -0.4 is 10.6 Å².